The minimum absolute atomic E-state index is 0.171. The van der Waals surface area contributed by atoms with Gasteiger partial charge in [0.25, 0.3) is 0 Å². The summed E-state index contributed by atoms with van der Waals surface area (Å²) in [6.07, 6.45) is 1.33. The van der Waals surface area contributed by atoms with Crippen molar-refractivity contribution in [3.63, 3.8) is 0 Å². The molecule has 2 atom stereocenters. The van der Waals surface area contributed by atoms with Crippen molar-refractivity contribution >= 4 is 5.97 Å². The van der Waals surface area contributed by atoms with Crippen LogP contribution in [-0.4, -0.2) is 47.8 Å². The van der Waals surface area contributed by atoms with E-state index in [-0.39, 0.29) is 6.54 Å². The fourth-order valence-electron chi connectivity index (χ4n) is 1.85. The Morgan fingerprint density at radius 2 is 2.55 bits per heavy atom. The second-order valence-electron chi connectivity index (χ2n) is 3.17. The Hall–Kier alpha value is -0.610. The number of ether oxygens (including phenoxy) is 1. The summed E-state index contributed by atoms with van der Waals surface area (Å²) in [6.45, 7) is 1.69. The minimum atomic E-state index is -0.738. The third kappa shape index (κ3) is 1.23. The van der Waals surface area contributed by atoms with E-state index in [1.807, 2.05) is 4.90 Å². The SMILES string of the molecule is O=C(O)CN1CC2CC1CO2. The van der Waals surface area contributed by atoms with Gasteiger partial charge in [0.15, 0.2) is 0 Å². The van der Waals surface area contributed by atoms with E-state index in [4.69, 9.17) is 9.84 Å². The first-order valence-corrected chi connectivity index (χ1v) is 3.83. The van der Waals surface area contributed by atoms with E-state index in [1.54, 1.807) is 0 Å². The number of morpholine rings is 1. The third-order valence-corrected chi connectivity index (χ3v) is 2.35. The molecule has 0 aromatic carbocycles. The molecular weight excluding hydrogens is 146 g/mol. The van der Waals surface area contributed by atoms with Crippen LogP contribution in [0.1, 0.15) is 6.42 Å². The highest BCUT2D eigenvalue weighted by atomic mass is 16.5. The van der Waals surface area contributed by atoms with Crippen LogP contribution in [0.25, 0.3) is 0 Å². The molecule has 4 heteroatoms. The number of hydrogen-bond acceptors (Lipinski definition) is 3. The van der Waals surface area contributed by atoms with Crippen molar-refractivity contribution in [2.75, 3.05) is 19.7 Å². The average molecular weight is 157 g/mol. The summed E-state index contributed by atoms with van der Waals surface area (Å²) in [5, 5.41) is 8.52. The van der Waals surface area contributed by atoms with Crippen LogP contribution >= 0.6 is 0 Å². The van der Waals surface area contributed by atoms with Gasteiger partial charge in [-0.1, -0.05) is 0 Å². The number of carboxylic acid groups (broad SMARTS) is 1. The molecule has 2 heterocycles. The molecule has 0 aliphatic carbocycles. The van der Waals surface area contributed by atoms with Crippen molar-refractivity contribution in [3.05, 3.63) is 0 Å². The standard InChI is InChI=1S/C7H11NO3/c9-7(10)3-8-2-6-1-5(8)4-11-6/h5-6H,1-4H2,(H,9,10). The van der Waals surface area contributed by atoms with Crippen LogP contribution in [0, 0.1) is 0 Å². The molecule has 2 bridgehead atoms. The highest BCUT2D eigenvalue weighted by Crippen LogP contribution is 2.26. The summed E-state index contributed by atoms with van der Waals surface area (Å²) < 4.78 is 5.33. The molecule has 0 aromatic rings. The Balaban J connectivity index is 1.92. The van der Waals surface area contributed by atoms with Gasteiger partial charge in [-0.15, -0.1) is 0 Å². The van der Waals surface area contributed by atoms with E-state index in [1.165, 1.54) is 0 Å². The van der Waals surface area contributed by atoms with Crippen molar-refractivity contribution in [2.24, 2.45) is 0 Å². The monoisotopic (exact) mass is 157 g/mol. The summed E-state index contributed by atoms with van der Waals surface area (Å²) in [4.78, 5) is 12.3. The predicted molar refractivity (Wildman–Crippen MR) is 37.4 cm³/mol. The molecule has 0 amide bonds. The molecule has 1 N–H and O–H groups in total. The number of hydrogen-bond donors (Lipinski definition) is 1. The van der Waals surface area contributed by atoms with Gasteiger partial charge in [0.05, 0.1) is 19.3 Å². The van der Waals surface area contributed by atoms with Gasteiger partial charge in [0.2, 0.25) is 0 Å². The number of nitrogens with zero attached hydrogens (tertiary/aromatic N) is 1. The molecule has 0 saturated carbocycles. The lowest BCUT2D eigenvalue weighted by molar-refractivity contribution is -0.139. The van der Waals surface area contributed by atoms with Gasteiger partial charge in [-0.25, -0.2) is 0 Å². The maximum Gasteiger partial charge on any atom is 0.317 e. The van der Waals surface area contributed by atoms with E-state index < -0.39 is 5.97 Å². The summed E-state index contributed by atoms with van der Waals surface area (Å²) in [5.41, 5.74) is 0. The summed E-state index contributed by atoms with van der Waals surface area (Å²) in [7, 11) is 0. The number of likely N-dealkylation sites (tertiary alicyclic amines) is 1. The maximum absolute atomic E-state index is 10.3. The Kier molecular flexibility index (Phi) is 1.58. The van der Waals surface area contributed by atoms with E-state index >= 15 is 0 Å². The van der Waals surface area contributed by atoms with Gasteiger partial charge < -0.3 is 9.84 Å². The first-order chi connectivity index (χ1) is 5.25. The van der Waals surface area contributed by atoms with Gasteiger partial charge in [-0.2, -0.15) is 0 Å². The van der Waals surface area contributed by atoms with Crippen molar-refractivity contribution in [3.8, 4) is 0 Å². The maximum atomic E-state index is 10.3. The molecule has 0 aromatic heterocycles. The first-order valence-electron chi connectivity index (χ1n) is 3.83. The Morgan fingerprint density at radius 1 is 1.73 bits per heavy atom. The Morgan fingerprint density at radius 3 is 3.00 bits per heavy atom. The lowest BCUT2D eigenvalue weighted by atomic mass is 10.2. The third-order valence-electron chi connectivity index (χ3n) is 2.35. The number of carbonyl (C=O) groups is 1. The molecule has 2 fully saturated rings. The van der Waals surface area contributed by atoms with E-state index in [0.29, 0.717) is 12.1 Å². The number of aliphatic carboxylic acids is 1. The van der Waals surface area contributed by atoms with E-state index in [2.05, 4.69) is 0 Å². The van der Waals surface area contributed by atoms with Crippen LogP contribution in [0.15, 0.2) is 0 Å². The zero-order valence-electron chi connectivity index (χ0n) is 6.19. The Labute approximate surface area is 64.7 Å². The van der Waals surface area contributed by atoms with Gasteiger partial charge in [0.1, 0.15) is 0 Å². The first kappa shape index (κ1) is 7.06. The fraction of sp³-hybridized carbons (Fsp3) is 0.857. The fourth-order valence-corrected chi connectivity index (χ4v) is 1.85. The average Bonchev–Trinajstić information content (AvgIpc) is 2.45. The smallest absolute Gasteiger partial charge is 0.317 e. The summed E-state index contributed by atoms with van der Waals surface area (Å²) in [6, 6.07) is 0.371. The number of rotatable bonds is 2. The highest BCUT2D eigenvalue weighted by molar-refractivity contribution is 5.69. The molecule has 2 aliphatic heterocycles. The molecule has 2 unspecified atom stereocenters. The van der Waals surface area contributed by atoms with Gasteiger partial charge in [-0.05, 0) is 6.42 Å². The van der Waals surface area contributed by atoms with Crippen molar-refractivity contribution in [1.29, 1.82) is 0 Å². The van der Waals surface area contributed by atoms with Crippen molar-refractivity contribution in [2.45, 2.75) is 18.6 Å². The molecule has 2 aliphatic rings. The second-order valence-corrected chi connectivity index (χ2v) is 3.17. The summed E-state index contributed by atoms with van der Waals surface area (Å²) in [5.74, 6) is -0.738. The summed E-state index contributed by atoms with van der Waals surface area (Å²) >= 11 is 0. The second kappa shape index (κ2) is 2.46. The predicted octanol–water partition coefficient (Wildman–Crippen LogP) is -0.456. The topological polar surface area (TPSA) is 49.8 Å². The molecule has 4 nitrogen and oxygen atoms in total. The largest absolute Gasteiger partial charge is 0.480 e. The van der Waals surface area contributed by atoms with Crippen molar-refractivity contribution in [1.82, 2.24) is 4.90 Å². The quantitative estimate of drug-likeness (QED) is 0.589. The van der Waals surface area contributed by atoms with Crippen LogP contribution in [-0.2, 0) is 9.53 Å². The molecule has 0 radical (unpaired) electrons. The van der Waals surface area contributed by atoms with Gasteiger partial charge in [0, 0.05) is 12.6 Å². The molecule has 62 valence electrons. The van der Waals surface area contributed by atoms with Gasteiger partial charge in [-0.3, -0.25) is 9.69 Å². The van der Waals surface area contributed by atoms with Crippen molar-refractivity contribution < 1.29 is 14.6 Å². The number of carboxylic acids is 1. The van der Waals surface area contributed by atoms with Crippen LogP contribution in [0.3, 0.4) is 0 Å². The van der Waals surface area contributed by atoms with Crippen LogP contribution in [0.4, 0.5) is 0 Å². The normalized spacial score (nSPS) is 36.4. The zero-order valence-corrected chi connectivity index (χ0v) is 6.19. The Bertz CT molecular complexity index is 183. The molecule has 11 heavy (non-hydrogen) atoms. The molecule has 2 rings (SSSR count). The van der Waals surface area contributed by atoms with Gasteiger partial charge >= 0.3 is 5.97 Å². The number of fused-ring (bicyclic) bond motifs is 2. The lowest BCUT2D eigenvalue weighted by Crippen LogP contribution is -2.40. The highest BCUT2D eigenvalue weighted by Gasteiger charge is 2.39. The minimum Gasteiger partial charge on any atom is -0.480 e. The molecule has 2 saturated heterocycles. The zero-order chi connectivity index (χ0) is 7.84. The van der Waals surface area contributed by atoms with E-state index in [0.717, 1.165) is 19.6 Å². The molecular formula is C7H11NO3. The van der Waals surface area contributed by atoms with Crippen LogP contribution in [0.2, 0.25) is 0 Å². The molecule has 0 spiro atoms. The van der Waals surface area contributed by atoms with Crippen LogP contribution in [0.5, 0.6) is 0 Å². The lowest BCUT2D eigenvalue weighted by Gasteiger charge is -2.24. The van der Waals surface area contributed by atoms with E-state index in [9.17, 15) is 4.79 Å². The van der Waals surface area contributed by atoms with Crippen LogP contribution < -0.4 is 0 Å².